The molecule has 3 nitrogen and oxygen atoms in total. The second kappa shape index (κ2) is 14.3. The first-order valence-corrected chi connectivity index (χ1v) is 20.1. The van der Waals surface area contributed by atoms with Gasteiger partial charge in [-0.2, -0.15) is 0 Å². The van der Waals surface area contributed by atoms with E-state index >= 15 is 0 Å². The smallest absolute Gasteiger partial charge is 0.164 e. The summed E-state index contributed by atoms with van der Waals surface area (Å²) in [5, 5.41) is 2.51. The van der Waals surface area contributed by atoms with Gasteiger partial charge in [-0.15, -0.1) is 0 Å². The molecular weight excluding hydrogens is 715 g/mol. The molecule has 10 aromatic rings. The summed E-state index contributed by atoms with van der Waals surface area (Å²) in [5.74, 6) is 1.94. The lowest BCUT2D eigenvalue weighted by Gasteiger charge is -2.34. The highest BCUT2D eigenvalue weighted by atomic mass is 15.0. The summed E-state index contributed by atoms with van der Waals surface area (Å²) in [6, 6.07) is 80.2. The summed E-state index contributed by atoms with van der Waals surface area (Å²) >= 11 is 0. The van der Waals surface area contributed by atoms with Crippen molar-refractivity contribution < 1.29 is 0 Å². The summed E-state index contributed by atoms with van der Waals surface area (Å²) in [6.45, 7) is 0. The van der Waals surface area contributed by atoms with Crippen LogP contribution in [0.4, 0.5) is 0 Å². The van der Waals surface area contributed by atoms with E-state index in [2.05, 4.69) is 164 Å². The standard InChI is InChI=1S/C56H37N3/c1-5-18-39(19-6-1)53-57-54(40-20-7-2-8-21-40)59-55(58-53)45-25-16-24-43(36-45)41-22-15-23-42(35-41)44-32-33-50-49(37-44)52-48-30-14-13-17-38(48)31-34-51(52)56(50,46-26-9-3-10-27-46)47-28-11-4-12-29-47/h1-37H. The largest absolute Gasteiger partial charge is 0.208 e. The lowest BCUT2D eigenvalue weighted by molar-refractivity contribution is 0.769. The van der Waals surface area contributed by atoms with E-state index in [1.165, 1.54) is 49.7 Å². The fraction of sp³-hybridized carbons (Fsp3) is 0.0179. The van der Waals surface area contributed by atoms with E-state index < -0.39 is 5.41 Å². The Morgan fingerprint density at radius 2 is 0.712 bits per heavy atom. The Morgan fingerprint density at radius 3 is 1.29 bits per heavy atom. The van der Waals surface area contributed by atoms with Gasteiger partial charge in [0.2, 0.25) is 0 Å². The van der Waals surface area contributed by atoms with Crippen molar-refractivity contribution in [1.29, 1.82) is 0 Å². The maximum atomic E-state index is 5.01. The minimum absolute atomic E-state index is 0.464. The van der Waals surface area contributed by atoms with Gasteiger partial charge in [-0.25, -0.2) is 15.0 Å². The van der Waals surface area contributed by atoms with E-state index in [4.69, 9.17) is 15.0 Å². The maximum absolute atomic E-state index is 5.01. The van der Waals surface area contributed by atoms with E-state index in [0.29, 0.717) is 17.5 Å². The number of nitrogens with zero attached hydrogens (tertiary/aromatic N) is 3. The highest BCUT2D eigenvalue weighted by molar-refractivity contribution is 6.04. The molecule has 3 heteroatoms. The Morgan fingerprint density at radius 1 is 0.288 bits per heavy atom. The molecule has 1 aliphatic carbocycles. The van der Waals surface area contributed by atoms with Crippen molar-refractivity contribution in [2.75, 3.05) is 0 Å². The zero-order valence-corrected chi connectivity index (χ0v) is 32.2. The molecule has 9 aromatic carbocycles. The summed E-state index contributed by atoms with van der Waals surface area (Å²) in [4.78, 5) is 14.9. The minimum atomic E-state index is -0.464. The molecule has 0 N–H and O–H groups in total. The second-order valence-corrected chi connectivity index (χ2v) is 15.2. The minimum Gasteiger partial charge on any atom is -0.208 e. The van der Waals surface area contributed by atoms with Crippen molar-refractivity contribution in [3.63, 3.8) is 0 Å². The Labute approximate surface area is 344 Å². The fourth-order valence-electron chi connectivity index (χ4n) is 9.10. The lowest BCUT2D eigenvalue weighted by Crippen LogP contribution is -2.28. The Bertz CT molecular complexity index is 3040. The Hall–Kier alpha value is -7.75. The topological polar surface area (TPSA) is 38.7 Å². The van der Waals surface area contributed by atoms with E-state index in [1.807, 2.05) is 60.7 Å². The molecule has 0 radical (unpaired) electrons. The first-order valence-electron chi connectivity index (χ1n) is 20.1. The number of rotatable bonds is 7. The van der Waals surface area contributed by atoms with Crippen LogP contribution in [0.3, 0.4) is 0 Å². The van der Waals surface area contributed by atoms with Crippen LogP contribution in [0.5, 0.6) is 0 Å². The predicted octanol–water partition coefficient (Wildman–Crippen LogP) is 13.7. The molecule has 276 valence electrons. The molecule has 0 fully saturated rings. The van der Waals surface area contributed by atoms with Crippen molar-refractivity contribution >= 4 is 10.8 Å². The zero-order chi connectivity index (χ0) is 39.2. The molecule has 1 heterocycles. The number of benzene rings is 9. The highest BCUT2D eigenvalue weighted by Gasteiger charge is 2.46. The van der Waals surface area contributed by atoms with E-state index in [-0.39, 0.29) is 0 Å². The normalized spacial score (nSPS) is 12.5. The van der Waals surface area contributed by atoms with Crippen LogP contribution in [0.1, 0.15) is 22.3 Å². The molecule has 0 aliphatic heterocycles. The van der Waals surface area contributed by atoms with Crippen molar-refractivity contribution in [2.45, 2.75) is 5.41 Å². The molecule has 0 spiro atoms. The van der Waals surface area contributed by atoms with Gasteiger partial charge in [0.15, 0.2) is 17.5 Å². The molecule has 0 unspecified atom stereocenters. The van der Waals surface area contributed by atoms with Crippen molar-refractivity contribution in [3.8, 4) is 67.5 Å². The van der Waals surface area contributed by atoms with Crippen molar-refractivity contribution in [1.82, 2.24) is 15.0 Å². The summed E-state index contributed by atoms with van der Waals surface area (Å²) in [5.41, 5.74) is 14.6. The molecule has 0 bridgehead atoms. The molecule has 0 amide bonds. The van der Waals surface area contributed by atoms with Crippen LogP contribution >= 0.6 is 0 Å². The van der Waals surface area contributed by atoms with Crippen LogP contribution < -0.4 is 0 Å². The predicted molar refractivity (Wildman–Crippen MR) is 242 cm³/mol. The Balaban J connectivity index is 1.04. The van der Waals surface area contributed by atoms with E-state index in [9.17, 15) is 0 Å². The molecule has 0 atom stereocenters. The van der Waals surface area contributed by atoms with Gasteiger partial charge < -0.3 is 0 Å². The van der Waals surface area contributed by atoms with E-state index in [0.717, 1.165) is 33.4 Å². The van der Waals surface area contributed by atoms with Crippen LogP contribution in [-0.2, 0) is 5.41 Å². The van der Waals surface area contributed by atoms with Gasteiger partial charge in [0, 0.05) is 16.7 Å². The van der Waals surface area contributed by atoms with Crippen molar-refractivity contribution in [3.05, 3.63) is 247 Å². The van der Waals surface area contributed by atoms with Gasteiger partial charge >= 0.3 is 0 Å². The highest BCUT2D eigenvalue weighted by Crippen LogP contribution is 2.58. The zero-order valence-electron chi connectivity index (χ0n) is 32.2. The van der Waals surface area contributed by atoms with Gasteiger partial charge in [-0.05, 0) is 84.6 Å². The molecular formula is C56H37N3. The number of hydrogen-bond acceptors (Lipinski definition) is 3. The van der Waals surface area contributed by atoms with Crippen LogP contribution in [0.2, 0.25) is 0 Å². The molecule has 11 rings (SSSR count). The number of hydrogen-bond donors (Lipinski definition) is 0. The molecule has 1 aromatic heterocycles. The molecule has 59 heavy (non-hydrogen) atoms. The lowest BCUT2D eigenvalue weighted by atomic mass is 9.67. The Kier molecular flexibility index (Phi) is 8.37. The average molecular weight is 752 g/mol. The van der Waals surface area contributed by atoms with Crippen LogP contribution in [0.25, 0.3) is 78.3 Å². The third-order valence-corrected chi connectivity index (χ3v) is 11.8. The van der Waals surface area contributed by atoms with Gasteiger partial charge in [-0.3, -0.25) is 0 Å². The maximum Gasteiger partial charge on any atom is 0.164 e. The van der Waals surface area contributed by atoms with Gasteiger partial charge in [-0.1, -0.05) is 206 Å². The number of aromatic nitrogens is 3. The van der Waals surface area contributed by atoms with Crippen LogP contribution in [-0.4, -0.2) is 15.0 Å². The SMILES string of the molecule is c1ccc(-c2nc(-c3ccccc3)nc(-c3cccc(-c4cccc(-c5ccc6c(c5)-c5c(ccc7ccccc57)C6(c5ccccc5)c5ccccc5)c4)c3)n2)cc1. The molecule has 0 saturated carbocycles. The molecule has 0 saturated heterocycles. The fourth-order valence-corrected chi connectivity index (χ4v) is 9.10. The quantitative estimate of drug-likeness (QED) is 0.163. The second-order valence-electron chi connectivity index (χ2n) is 15.2. The van der Waals surface area contributed by atoms with Gasteiger partial charge in [0.1, 0.15) is 0 Å². The third-order valence-electron chi connectivity index (χ3n) is 11.8. The van der Waals surface area contributed by atoms with Gasteiger partial charge in [0.05, 0.1) is 5.41 Å². The number of fused-ring (bicyclic) bond motifs is 5. The summed E-state index contributed by atoms with van der Waals surface area (Å²) in [7, 11) is 0. The van der Waals surface area contributed by atoms with Crippen LogP contribution in [0.15, 0.2) is 224 Å². The molecule has 1 aliphatic rings. The van der Waals surface area contributed by atoms with Gasteiger partial charge in [0.25, 0.3) is 0 Å². The third kappa shape index (κ3) is 5.86. The first-order chi connectivity index (χ1) is 29.2. The van der Waals surface area contributed by atoms with Crippen LogP contribution in [0, 0.1) is 0 Å². The van der Waals surface area contributed by atoms with Crippen molar-refractivity contribution in [2.24, 2.45) is 0 Å². The summed E-state index contributed by atoms with van der Waals surface area (Å²) in [6.07, 6.45) is 0. The monoisotopic (exact) mass is 751 g/mol. The van der Waals surface area contributed by atoms with E-state index in [1.54, 1.807) is 0 Å². The first kappa shape index (κ1) is 34.5. The summed E-state index contributed by atoms with van der Waals surface area (Å²) < 4.78 is 0. The average Bonchev–Trinajstić information content (AvgIpc) is 3.63.